The first-order valence-electron chi connectivity index (χ1n) is 11.6. The third-order valence-electron chi connectivity index (χ3n) is 7.76. The number of fused-ring (bicyclic) bond motifs is 1. The fraction of sp³-hybridized carbons (Fsp3) is 0.423. The normalized spacial score (nSPS) is 19.4. The van der Waals surface area contributed by atoms with Crippen LogP contribution in [0.25, 0.3) is 0 Å². The number of piperidine rings is 2. The number of nitrogens with zero attached hydrogens (tertiary/aromatic N) is 2. The van der Waals surface area contributed by atoms with Crippen LogP contribution in [-0.4, -0.2) is 53.7 Å². The zero-order valence-electron chi connectivity index (χ0n) is 18.8. The number of amides is 3. The van der Waals surface area contributed by atoms with E-state index in [0.29, 0.717) is 28.3 Å². The second-order valence-corrected chi connectivity index (χ2v) is 9.96. The Bertz CT molecular complexity index is 1130. The monoisotopic (exact) mass is 465 g/mol. The summed E-state index contributed by atoms with van der Waals surface area (Å²) in [5.41, 5.74) is 3.93. The van der Waals surface area contributed by atoms with Gasteiger partial charge in [-0.3, -0.25) is 14.4 Å². The van der Waals surface area contributed by atoms with E-state index < -0.39 is 0 Å². The van der Waals surface area contributed by atoms with E-state index in [1.54, 1.807) is 12.1 Å². The highest BCUT2D eigenvalue weighted by Gasteiger charge is 2.40. The third kappa shape index (κ3) is 4.01. The molecule has 3 heterocycles. The van der Waals surface area contributed by atoms with Crippen molar-refractivity contribution in [2.24, 2.45) is 5.41 Å². The molecule has 5 rings (SSSR count). The molecule has 2 saturated heterocycles. The van der Waals surface area contributed by atoms with Crippen molar-refractivity contribution in [1.29, 1.82) is 0 Å². The smallest absolute Gasteiger partial charge is 0.254 e. The Labute approximate surface area is 198 Å². The van der Waals surface area contributed by atoms with Gasteiger partial charge in [0, 0.05) is 54.4 Å². The summed E-state index contributed by atoms with van der Waals surface area (Å²) in [6.45, 7) is 5.32. The van der Waals surface area contributed by atoms with Gasteiger partial charge in [0.05, 0.1) is 0 Å². The lowest BCUT2D eigenvalue weighted by molar-refractivity contribution is 0.0280. The standard InChI is InChI=1S/C26H28ClN3O3/c1-17-20(3-2-4-22(17)27)25(33)30-13-9-26(10-14-30)7-11-29(12-8-26)24(32)18-5-6-21-19(15-18)16-28-23(21)31/h2-6,15H,7-14,16H2,1H3,(H,28,31). The molecule has 0 radical (unpaired) electrons. The molecule has 0 bridgehead atoms. The number of halogens is 1. The quantitative estimate of drug-likeness (QED) is 0.727. The van der Waals surface area contributed by atoms with Crippen molar-refractivity contribution in [1.82, 2.24) is 15.1 Å². The van der Waals surface area contributed by atoms with E-state index in [4.69, 9.17) is 11.6 Å². The average molecular weight is 466 g/mol. The largest absolute Gasteiger partial charge is 0.348 e. The zero-order chi connectivity index (χ0) is 23.2. The molecule has 0 aliphatic carbocycles. The molecule has 3 aliphatic rings. The average Bonchev–Trinajstić information content (AvgIpc) is 3.21. The van der Waals surface area contributed by atoms with Gasteiger partial charge in [0.25, 0.3) is 17.7 Å². The van der Waals surface area contributed by atoms with Crippen LogP contribution in [0.15, 0.2) is 36.4 Å². The molecule has 2 aromatic carbocycles. The molecule has 6 nitrogen and oxygen atoms in total. The van der Waals surface area contributed by atoms with Gasteiger partial charge in [-0.2, -0.15) is 0 Å². The summed E-state index contributed by atoms with van der Waals surface area (Å²) in [6.07, 6.45) is 3.85. The van der Waals surface area contributed by atoms with Crippen LogP contribution in [-0.2, 0) is 6.54 Å². The number of nitrogens with one attached hydrogen (secondary N) is 1. The van der Waals surface area contributed by atoms with Crippen molar-refractivity contribution in [2.45, 2.75) is 39.2 Å². The molecule has 3 aliphatic heterocycles. The third-order valence-corrected chi connectivity index (χ3v) is 8.17. The maximum absolute atomic E-state index is 13.1. The predicted octanol–water partition coefficient (Wildman–Crippen LogP) is 4.05. The molecule has 0 atom stereocenters. The highest BCUT2D eigenvalue weighted by Crippen LogP contribution is 2.42. The van der Waals surface area contributed by atoms with Crippen LogP contribution >= 0.6 is 11.6 Å². The van der Waals surface area contributed by atoms with E-state index in [2.05, 4.69) is 5.32 Å². The Hall–Kier alpha value is -2.86. The van der Waals surface area contributed by atoms with Crippen LogP contribution in [0.5, 0.6) is 0 Å². The summed E-state index contributed by atoms with van der Waals surface area (Å²) in [5, 5.41) is 3.42. The number of likely N-dealkylation sites (tertiary alicyclic amines) is 2. The lowest BCUT2D eigenvalue weighted by Gasteiger charge is -2.47. The van der Waals surface area contributed by atoms with E-state index in [0.717, 1.165) is 63.0 Å². The first-order chi connectivity index (χ1) is 15.9. The van der Waals surface area contributed by atoms with Crippen LogP contribution < -0.4 is 5.32 Å². The molecule has 1 spiro atoms. The van der Waals surface area contributed by atoms with Gasteiger partial charge in [-0.25, -0.2) is 0 Å². The molecule has 172 valence electrons. The second-order valence-electron chi connectivity index (χ2n) is 9.55. The van der Waals surface area contributed by atoms with Gasteiger partial charge in [-0.15, -0.1) is 0 Å². The molecule has 2 aromatic rings. The minimum Gasteiger partial charge on any atom is -0.348 e. The second kappa shape index (κ2) is 8.49. The van der Waals surface area contributed by atoms with Crippen molar-refractivity contribution >= 4 is 29.3 Å². The predicted molar refractivity (Wildman–Crippen MR) is 127 cm³/mol. The molecule has 0 saturated carbocycles. The maximum atomic E-state index is 13.1. The number of benzene rings is 2. The van der Waals surface area contributed by atoms with Crippen molar-refractivity contribution in [2.75, 3.05) is 26.2 Å². The van der Waals surface area contributed by atoms with Crippen LogP contribution in [0, 0.1) is 12.3 Å². The van der Waals surface area contributed by atoms with E-state index in [9.17, 15) is 14.4 Å². The Morgan fingerprint density at radius 3 is 2.24 bits per heavy atom. The SMILES string of the molecule is Cc1c(Cl)cccc1C(=O)N1CCC2(CCN(C(=O)c3ccc4c(c3)CNC4=O)CC2)CC1. The highest BCUT2D eigenvalue weighted by molar-refractivity contribution is 6.31. The molecule has 0 unspecified atom stereocenters. The Balaban J connectivity index is 1.19. The number of hydrogen-bond acceptors (Lipinski definition) is 3. The summed E-state index contributed by atoms with van der Waals surface area (Å²) in [4.78, 5) is 41.7. The molecule has 0 aromatic heterocycles. The van der Waals surface area contributed by atoms with Gasteiger partial charge >= 0.3 is 0 Å². The van der Waals surface area contributed by atoms with Crippen molar-refractivity contribution in [3.8, 4) is 0 Å². The molecular formula is C26H28ClN3O3. The molecule has 1 N–H and O–H groups in total. The Morgan fingerprint density at radius 1 is 0.939 bits per heavy atom. The van der Waals surface area contributed by atoms with Gasteiger partial charge < -0.3 is 15.1 Å². The Morgan fingerprint density at radius 2 is 1.58 bits per heavy atom. The molecule has 7 heteroatoms. The van der Waals surface area contributed by atoms with Crippen LogP contribution in [0.3, 0.4) is 0 Å². The van der Waals surface area contributed by atoms with Gasteiger partial charge in [-0.05, 0) is 79.5 Å². The minimum atomic E-state index is -0.0701. The lowest BCUT2D eigenvalue weighted by Crippen LogP contribution is -2.49. The molecule has 33 heavy (non-hydrogen) atoms. The number of carbonyl (C=O) groups excluding carboxylic acids is 3. The first kappa shape index (κ1) is 22.0. The maximum Gasteiger partial charge on any atom is 0.254 e. The number of carbonyl (C=O) groups is 3. The van der Waals surface area contributed by atoms with Gasteiger partial charge in [0.1, 0.15) is 0 Å². The van der Waals surface area contributed by atoms with E-state index in [-0.39, 0.29) is 23.1 Å². The van der Waals surface area contributed by atoms with Crippen molar-refractivity contribution in [3.05, 3.63) is 69.2 Å². The fourth-order valence-electron chi connectivity index (χ4n) is 5.43. The lowest BCUT2D eigenvalue weighted by atomic mass is 9.71. The van der Waals surface area contributed by atoms with Crippen LogP contribution in [0.4, 0.5) is 0 Å². The molecule has 3 amide bonds. The van der Waals surface area contributed by atoms with Crippen LogP contribution in [0.1, 0.15) is 67.9 Å². The summed E-state index contributed by atoms with van der Waals surface area (Å²) < 4.78 is 0. The van der Waals surface area contributed by atoms with Gasteiger partial charge in [0.2, 0.25) is 0 Å². The van der Waals surface area contributed by atoms with E-state index in [1.165, 1.54) is 0 Å². The minimum absolute atomic E-state index is 0.0380. The molecule has 2 fully saturated rings. The van der Waals surface area contributed by atoms with E-state index in [1.807, 2.05) is 41.0 Å². The highest BCUT2D eigenvalue weighted by atomic mass is 35.5. The van der Waals surface area contributed by atoms with Gasteiger partial charge in [0.15, 0.2) is 0 Å². The topological polar surface area (TPSA) is 69.7 Å². The van der Waals surface area contributed by atoms with Gasteiger partial charge in [-0.1, -0.05) is 17.7 Å². The van der Waals surface area contributed by atoms with E-state index >= 15 is 0 Å². The van der Waals surface area contributed by atoms with Crippen molar-refractivity contribution < 1.29 is 14.4 Å². The summed E-state index contributed by atoms with van der Waals surface area (Å²) >= 11 is 6.21. The fourth-order valence-corrected chi connectivity index (χ4v) is 5.60. The Kier molecular flexibility index (Phi) is 5.65. The summed E-state index contributed by atoms with van der Waals surface area (Å²) in [5.74, 6) is 0.0253. The van der Waals surface area contributed by atoms with Crippen LogP contribution in [0.2, 0.25) is 5.02 Å². The summed E-state index contributed by atoms with van der Waals surface area (Å²) in [7, 11) is 0. The first-order valence-corrected chi connectivity index (χ1v) is 12.0. The number of rotatable bonds is 2. The number of hydrogen-bond donors (Lipinski definition) is 1. The van der Waals surface area contributed by atoms with Crippen molar-refractivity contribution in [3.63, 3.8) is 0 Å². The summed E-state index contributed by atoms with van der Waals surface area (Å²) in [6, 6.07) is 10.9. The molecular weight excluding hydrogens is 438 g/mol. The zero-order valence-corrected chi connectivity index (χ0v) is 19.6.